The Morgan fingerprint density at radius 2 is 1.95 bits per heavy atom. The van der Waals surface area contributed by atoms with Gasteiger partial charge in [0.05, 0.1) is 0 Å². The molecule has 0 bridgehead atoms. The molecule has 0 radical (unpaired) electrons. The Bertz CT molecular complexity index is 298. The van der Waals surface area contributed by atoms with Gasteiger partial charge in [0.25, 0.3) is 0 Å². The second kappa shape index (κ2) is 6.71. The van der Waals surface area contributed by atoms with Gasteiger partial charge in [-0.15, -0.1) is 0 Å². The fourth-order valence-corrected chi connectivity index (χ4v) is 3.28. The average Bonchev–Trinajstić information content (AvgIpc) is 2.38. The van der Waals surface area contributed by atoms with Crippen LogP contribution in [0.3, 0.4) is 0 Å². The molecule has 2 aliphatic heterocycles. The smallest absolute Gasteiger partial charge is 0.225 e. The van der Waals surface area contributed by atoms with Crippen molar-refractivity contribution in [1.82, 2.24) is 15.1 Å². The molecule has 0 aromatic heterocycles. The summed E-state index contributed by atoms with van der Waals surface area (Å²) in [6.45, 7) is 12.8. The van der Waals surface area contributed by atoms with Crippen LogP contribution >= 0.6 is 0 Å². The van der Waals surface area contributed by atoms with Crippen LogP contribution in [0.4, 0.5) is 0 Å². The lowest BCUT2D eigenvalue weighted by molar-refractivity contribution is -0.138. The summed E-state index contributed by atoms with van der Waals surface area (Å²) >= 11 is 0. The van der Waals surface area contributed by atoms with Crippen LogP contribution in [0.5, 0.6) is 0 Å². The van der Waals surface area contributed by atoms with Crippen LogP contribution in [0, 0.1) is 11.8 Å². The van der Waals surface area contributed by atoms with Gasteiger partial charge >= 0.3 is 0 Å². The molecule has 2 saturated heterocycles. The van der Waals surface area contributed by atoms with Gasteiger partial charge in [0.15, 0.2) is 0 Å². The highest BCUT2D eigenvalue weighted by molar-refractivity contribution is 5.79. The van der Waals surface area contributed by atoms with E-state index in [1.807, 2.05) is 0 Å². The van der Waals surface area contributed by atoms with Gasteiger partial charge in [0.1, 0.15) is 0 Å². The molecule has 0 aromatic carbocycles. The Morgan fingerprint density at radius 3 is 2.53 bits per heavy atom. The molecule has 2 heterocycles. The van der Waals surface area contributed by atoms with Crippen molar-refractivity contribution in [1.29, 1.82) is 0 Å². The monoisotopic (exact) mass is 267 g/mol. The number of piperazine rings is 1. The van der Waals surface area contributed by atoms with E-state index in [9.17, 15) is 4.79 Å². The summed E-state index contributed by atoms with van der Waals surface area (Å²) in [4.78, 5) is 17.1. The van der Waals surface area contributed by atoms with Crippen molar-refractivity contribution in [3.8, 4) is 0 Å². The maximum Gasteiger partial charge on any atom is 0.225 e. The van der Waals surface area contributed by atoms with Gasteiger partial charge < -0.3 is 10.2 Å². The van der Waals surface area contributed by atoms with Gasteiger partial charge in [0.2, 0.25) is 5.91 Å². The lowest BCUT2D eigenvalue weighted by Crippen LogP contribution is -2.52. The summed E-state index contributed by atoms with van der Waals surface area (Å²) in [5.41, 5.74) is 0. The van der Waals surface area contributed by atoms with Gasteiger partial charge in [-0.3, -0.25) is 9.69 Å². The van der Waals surface area contributed by atoms with Gasteiger partial charge in [0, 0.05) is 44.7 Å². The molecule has 2 fully saturated rings. The Labute approximate surface area is 117 Å². The first-order valence-corrected chi connectivity index (χ1v) is 7.80. The van der Waals surface area contributed by atoms with Crippen molar-refractivity contribution in [2.75, 3.05) is 39.3 Å². The standard InChI is InChI=1S/C15H29N3O/c1-12(2)11-17-6-8-18(9-7-17)15(19)14-4-5-16-13(3)10-14/h12-14,16H,4-11H2,1-3H3. The van der Waals surface area contributed by atoms with Gasteiger partial charge in [-0.25, -0.2) is 0 Å². The molecule has 19 heavy (non-hydrogen) atoms. The molecule has 0 aliphatic carbocycles. The molecule has 0 spiro atoms. The van der Waals surface area contributed by atoms with Crippen LogP contribution in [-0.2, 0) is 4.79 Å². The maximum absolute atomic E-state index is 12.5. The minimum atomic E-state index is 0.257. The molecule has 0 aromatic rings. The first-order chi connectivity index (χ1) is 9.06. The molecule has 4 nitrogen and oxygen atoms in total. The number of piperidine rings is 1. The molecule has 2 atom stereocenters. The second-order valence-corrected chi connectivity index (χ2v) is 6.60. The van der Waals surface area contributed by atoms with Crippen LogP contribution in [0.15, 0.2) is 0 Å². The van der Waals surface area contributed by atoms with E-state index in [4.69, 9.17) is 0 Å². The van der Waals surface area contributed by atoms with Crippen LogP contribution < -0.4 is 5.32 Å². The van der Waals surface area contributed by atoms with Crippen molar-refractivity contribution < 1.29 is 4.79 Å². The summed E-state index contributed by atoms with van der Waals surface area (Å²) in [6.07, 6.45) is 2.01. The highest BCUT2D eigenvalue weighted by atomic mass is 16.2. The molecule has 1 amide bonds. The van der Waals surface area contributed by atoms with E-state index in [0.717, 1.165) is 52.1 Å². The zero-order valence-electron chi connectivity index (χ0n) is 12.7. The van der Waals surface area contributed by atoms with Crippen molar-refractivity contribution >= 4 is 5.91 Å². The average molecular weight is 267 g/mol. The van der Waals surface area contributed by atoms with E-state index in [1.165, 1.54) is 0 Å². The highest BCUT2D eigenvalue weighted by Crippen LogP contribution is 2.19. The van der Waals surface area contributed by atoms with Crippen LogP contribution in [-0.4, -0.2) is 61.0 Å². The summed E-state index contributed by atoms with van der Waals surface area (Å²) in [5.74, 6) is 1.37. The zero-order chi connectivity index (χ0) is 13.8. The predicted octanol–water partition coefficient (Wildman–Crippen LogP) is 1.17. The number of carbonyl (C=O) groups excluding carboxylic acids is 1. The molecule has 110 valence electrons. The Morgan fingerprint density at radius 1 is 1.26 bits per heavy atom. The first-order valence-electron chi connectivity index (χ1n) is 7.80. The molecular formula is C15H29N3O. The van der Waals surface area contributed by atoms with Crippen molar-refractivity contribution in [3.05, 3.63) is 0 Å². The number of amides is 1. The SMILES string of the molecule is CC(C)CN1CCN(C(=O)C2CCNC(C)C2)CC1. The third kappa shape index (κ3) is 4.18. The van der Waals surface area contributed by atoms with E-state index < -0.39 is 0 Å². The fourth-order valence-electron chi connectivity index (χ4n) is 3.28. The van der Waals surface area contributed by atoms with Gasteiger partial charge in [-0.05, 0) is 32.2 Å². The third-order valence-corrected chi connectivity index (χ3v) is 4.28. The van der Waals surface area contributed by atoms with E-state index in [-0.39, 0.29) is 5.92 Å². The lowest BCUT2D eigenvalue weighted by Gasteiger charge is -2.38. The quantitative estimate of drug-likeness (QED) is 0.834. The van der Waals surface area contributed by atoms with Crippen LogP contribution in [0.1, 0.15) is 33.6 Å². The number of hydrogen-bond donors (Lipinski definition) is 1. The Kier molecular flexibility index (Phi) is 5.22. The van der Waals surface area contributed by atoms with Crippen LogP contribution in [0.2, 0.25) is 0 Å². The Balaban J connectivity index is 1.78. The second-order valence-electron chi connectivity index (χ2n) is 6.60. The van der Waals surface area contributed by atoms with Crippen molar-refractivity contribution in [2.45, 2.75) is 39.7 Å². The zero-order valence-corrected chi connectivity index (χ0v) is 12.7. The minimum absolute atomic E-state index is 0.257. The maximum atomic E-state index is 12.5. The third-order valence-electron chi connectivity index (χ3n) is 4.28. The van der Waals surface area contributed by atoms with E-state index in [1.54, 1.807) is 0 Å². The summed E-state index contributed by atoms with van der Waals surface area (Å²) in [5, 5.41) is 3.42. The predicted molar refractivity (Wildman–Crippen MR) is 78.0 cm³/mol. The number of nitrogens with one attached hydrogen (secondary N) is 1. The van der Waals surface area contributed by atoms with Gasteiger partial charge in [-0.2, -0.15) is 0 Å². The number of nitrogens with zero attached hydrogens (tertiary/aromatic N) is 2. The van der Waals surface area contributed by atoms with E-state index in [2.05, 4.69) is 35.9 Å². The summed E-state index contributed by atoms with van der Waals surface area (Å²) in [7, 11) is 0. The molecule has 0 saturated carbocycles. The normalized spacial score (nSPS) is 29.8. The topological polar surface area (TPSA) is 35.6 Å². The van der Waals surface area contributed by atoms with E-state index >= 15 is 0 Å². The number of rotatable bonds is 3. The van der Waals surface area contributed by atoms with Crippen molar-refractivity contribution in [3.63, 3.8) is 0 Å². The molecule has 4 heteroatoms. The van der Waals surface area contributed by atoms with Gasteiger partial charge in [-0.1, -0.05) is 13.8 Å². The minimum Gasteiger partial charge on any atom is -0.340 e. The fraction of sp³-hybridized carbons (Fsp3) is 0.933. The number of carbonyl (C=O) groups is 1. The molecule has 2 rings (SSSR count). The first kappa shape index (κ1) is 14.8. The number of hydrogen-bond acceptors (Lipinski definition) is 3. The molecule has 1 N–H and O–H groups in total. The lowest BCUT2D eigenvalue weighted by atomic mass is 9.92. The van der Waals surface area contributed by atoms with Crippen molar-refractivity contribution in [2.24, 2.45) is 11.8 Å². The largest absolute Gasteiger partial charge is 0.340 e. The molecular weight excluding hydrogens is 238 g/mol. The summed E-state index contributed by atoms with van der Waals surface area (Å²) < 4.78 is 0. The molecule has 2 aliphatic rings. The highest BCUT2D eigenvalue weighted by Gasteiger charge is 2.30. The summed E-state index contributed by atoms with van der Waals surface area (Å²) in [6, 6.07) is 0.491. The Hall–Kier alpha value is -0.610. The molecule has 2 unspecified atom stereocenters. The van der Waals surface area contributed by atoms with E-state index in [0.29, 0.717) is 17.9 Å². The van der Waals surface area contributed by atoms with Crippen LogP contribution in [0.25, 0.3) is 0 Å².